The Labute approximate surface area is 160 Å². The van der Waals surface area contributed by atoms with Gasteiger partial charge in [-0.15, -0.1) is 12.4 Å². The van der Waals surface area contributed by atoms with Gasteiger partial charge in [0.2, 0.25) is 0 Å². The summed E-state index contributed by atoms with van der Waals surface area (Å²) in [4.78, 5) is 12.3. The molecule has 2 N–H and O–H groups in total. The number of aromatic nitrogens is 2. The van der Waals surface area contributed by atoms with E-state index in [1.807, 2.05) is 42.1 Å². The molecule has 142 valence electrons. The van der Waals surface area contributed by atoms with E-state index < -0.39 is 0 Å². The van der Waals surface area contributed by atoms with E-state index in [1.54, 1.807) is 6.07 Å². The highest BCUT2D eigenvalue weighted by molar-refractivity contribution is 5.92. The van der Waals surface area contributed by atoms with Crippen molar-refractivity contribution in [2.24, 2.45) is 0 Å². The molecule has 0 saturated carbocycles. The number of amides is 1. The molecule has 26 heavy (non-hydrogen) atoms. The highest BCUT2D eigenvalue weighted by Crippen LogP contribution is 2.18. The van der Waals surface area contributed by atoms with Gasteiger partial charge in [-0.05, 0) is 50.4 Å². The Kier molecular flexibility index (Phi) is 7.94. The molecule has 2 heterocycles. The summed E-state index contributed by atoms with van der Waals surface area (Å²) in [6, 6.07) is 10.1. The second-order valence-electron chi connectivity index (χ2n) is 6.23. The highest BCUT2D eigenvalue weighted by Gasteiger charge is 2.17. The van der Waals surface area contributed by atoms with Crippen LogP contribution >= 0.6 is 12.4 Å². The summed E-state index contributed by atoms with van der Waals surface area (Å²) in [6.45, 7) is 5.14. The zero-order valence-corrected chi connectivity index (χ0v) is 15.9. The lowest BCUT2D eigenvalue weighted by molar-refractivity contribution is 0.0947. The van der Waals surface area contributed by atoms with E-state index in [1.165, 1.54) is 0 Å². The number of nitrogens with zero attached hydrogens (tertiary/aromatic N) is 2. The number of hydrogen-bond acceptors (Lipinski definition) is 4. The Balaban J connectivity index is 0.00000243. The first-order chi connectivity index (χ1) is 12.3. The van der Waals surface area contributed by atoms with Crippen molar-refractivity contribution >= 4 is 18.3 Å². The molecule has 1 aliphatic heterocycles. The Hall–Kier alpha value is -2.05. The fourth-order valence-electron chi connectivity index (χ4n) is 3.13. The van der Waals surface area contributed by atoms with Gasteiger partial charge in [-0.25, -0.2) is 0 Å². The van der Waals surface area contributed by atoms with Crippen LogP contribution in [0.3, 0.4) is 0 Å². The minimum Gasteiger partial charge on any atom is -0.494 e. The van der Waals surface area contributed by atoms with Crippen LogP contribution in [-0.2, 0) is 6.42 Å². The summed E-state index contributed by atoms with van der Waals surface area (Å²) in [5.41, 5.74) is 1.58. The van der Waals surface area contributed by atoms with E-state index >= 15 is 0 Å². The molecular weight excluding hydrogens is 352 g/mol. The maximum atomic E-state index is 12.3. The van der Waals surface area contributed by atoms with E-state index in [0.717, 1.165) is 43.7 Å². The van der Waals surface area contributed by atoms with Gasteiger partial charge in [0.25, 0.3) is 5.91 Å². The summed E-state index contributed by atoms with van der Waals surface area (Å²) in [5, 5.41) is 10.8. The van der Waals surface area contributed by atoms with Gasteiger partial charge in [-0.2, -0.15) is 5.10 Å². The van der Waals surface area contributed by atoms with Crippen LogP contribution in [0.25, 0.3) is 0 Å². The van der Waals surface area contributed by atoms with Crippen LogP contribution in [0.4, 0.5) is 0 Å². The van der Waals surface area contributed by atoms with E-state index in [-0.39, 0.29) is 18.3 Å². The topological polar surface area (TPSA) is 68.2 Å². The lowest BCUT2D eigenvalue weighted by atomic mass is 10.1. The number of ether oxygens (including phenoxy) is 1. The Morgan fingerprint density at radius 3 is 3.00 bits per heavy atom. The molecule has 1 fully saturated rings. The molecule has 6 nitrogen and oxygen atoms in total. The standard InChI is InChI=1S/C19H26N4O2.ClH/c1-2-25-18-8-4-3-6-15(18)9-12-21-19(24)17-10-13-23(22-17)16-7-5-11-20-14-16;/h3-4,6,8,10,13,16,20H,2,5,7,9,11-12,14H2,1H3,(H,21,24);1H. The van der Waals surface area contributed by atoms with Crippen LogP contribution in [0.2, 0.25) is 0 Å². The van der Waals surface area contributed by atoms with Crippen molar-refractivity contribution in [2.45, 2.75) is 32.2 Å². The van der Waals surface area contributed by atoms with E-state index in [9.17, 15) is 4.79 Å². The third-order valence-corrected chi connectivity index (χ3v) is 4.44. The van der Waals surface area contributed by atoms with Crippen molar-refractivity contribution in [3.63, 3.8) is 0 Å². The molecule has 1 saturated heterocycles. The molecule has 1 aromatic heterocycles. The van der Waals surface area contributed by atoms with Crippen molar-refractivity contribution in [3.05, 3.63) is 47.8 Å². The van der Waals surface area contributed by atoms with E-state index in [4.69, 9.17) is 4.74 Å². The van der Waals surface area contributed by atoms with Gasteiger partial charge >= 0.3 is 0 Å². The number of para-hydroxylation sites is 1. The highest BCUT2D eigenvalue weighted by atomic mass is 35.5. The van der Waals surface area contributed by atoms with Gasteiger partial charge in [0.15, 0.2) is 0 Å². The molecule has 1 aromatic carbocycles. The SMILES string of the molecule is CCOc1ccccc1CCNC(=O)c1ccn(C2CCCNC2)n1.Cl. The normalized spacial score (nSPS) is 16.6. The molecule has 0 aliphatic carbocycles. The lowest BCUT2D eigenvalue weighted by Gasteiger charge is -2.22. The van der Waals surface area contributed by atoms with Gasteiger partial charge in [0.1, 0.15) is 11.4 Å². The summed E-state index contributed by atoms with van der Waals surface area (Å²) >= 11 is 0. The largest absolute Gasteiger partial charge is 0.494 e. The maximum Gasteiger partial charge on any atom is 0.271 e. The number of benzene rings is 1. The molecule has 1 atom stereocenters. The zero-order valence-electron chi connectivity index (χ0n) is 15.1. The predicted octanol–water partition coefficient (Wildman–Crippen LogP) is 2.60. The van der Waals surface area contributed by atoms with Crippen molar-refractivity contribution in [1.29, 1.82) is 0 Å². The molecular formula is C19H27ClN4O2. The van der Waals surface area contributed by atoms with Gasteiger partial charge < -0.3 is 15.4 Å². The molecule has 1 aliphatic rings. The van der Waals surface area contributed by atoms with Gasteiger partial charge in [0.05, 0.1) is 12.6 Å². The van der Waals surface area contributed by atoms with Crippen LogP contribution in [0.5, 0.6) is 5.75 Å². The minimum atomic E-state index is -0.128. The van der Waals surface area contributed by atoms with Crippen molar-refractivity contribution < 1.29 is 9.53 Å². The third kappa shape index (κ3) is 5.22. The van der Waals surface area contributed by atoms with Crippen LogP contribution in [0.1, 0.15) is 41.9 Å². The third-order valence-electron chi connectivity index (χ3n) is 4.44. The number of halogens is 1. The zero-order chi connectivity index (χ0) is 17.5. The molecule has 3 rings (SSSR count). The predicted molar refractivity (Wildman–Crippen MR) is 104 cm³/mol. The van der Waals surface area contributed by atoms with Gasteiger partial charge in [-0.1, -0.05) is 18.2 Å². The van der Waals surface area contributed by atoms with E-state index in [2.05, 4.69) is 15.7 Å². The van der Waals surface area contributed by atoms with Crippen LogP contribution in [-0.4, -0.2) is 41.9 Å². The Morgan fingerprint density at radius 2 is 2.23 bits per heavy atom. The summed E-state index contributed by atoms with van der Waals surface area (Å²) in [7, 11) is 0. The summed E-state index contributed by atoms with van der Waals surface area (Å²) in [6.07, 6.45) is 4.88. The number of piperidine rings is 1. The van der Waals surface area contributed by atoms with Crippen LogP contribution in [0.15, 0.2) is 36.5 Å². The first-order valence-corrected chi connectivity index (χ1v) is 9.02. The molecule has 1 amide bonds. The molecule has 7 heteroatoms. The van der Waals surface area contributed by atoms with Crippen LogP contribution in [0, 0.1) is 0 Å². The minimum absolute atomic E-state index is 0. The number of rotatable bonds is 7. The van der Waals surface area contributed by atoms with Gasteiger partial charge in [-0.3, -0.25) is 9.48 Å². The second kappa shape index (κ2) is 10.2. The molecule has 0 spiro atoms. The fraction of sp³-hybridized carbons (Fsp3) is 0.474. The maximum absolute atomic E-state index is 12.3. The molecule has 1 unspecified atom stereocenters. The average Bonchev–Trinajstić information content (AvgIpc) is 3.14. The summed E-state index contributed by atoms with van der Waals surface area (Å²) < 4.78 is 7.52. The van der Waals surface area contributed by atoms with Crippen molar-refractivity contribution in [1.82, 2.24) is 20.4 Å². The molecule has 2 aromatic rings. The molecule has 0 bridgehead atoms. The smallest absolute Gasteiger partial charge is 0.271 e. The summed E-state index contributed by atoms with van der Waals surface area (Å²) in [5.74, 6) is 0.754. The number of carbonyl (C=O) groups is 1. The second-order valence-corrected chi connectivity index (χ2v) is 6.23. The van der Waals surface area contributed by atoms with Crippen molar-refractivity contribution in [2.75, 3.05) is 26.2 Å². The average molecular weight is 379 g/mol. The first-order valence-electron chi connectivity index (χ1n) is 9.02. The van der Waals surface area contributed by atoms with Crippen molar-refractivity contribution in [3.8, 4) is 5.75 Å². The molecule has 0 radical (unpaired) electrons. The lowest BCUT2D eigenvalue weighted by Crippen LogP contribution is -2.32. The number of carbonyl (C=O) groups excluding carboxylic acids is 1. The Bertz CT molecular complexity index is 698. The first kappa shape index (κ1) is 20.3. The Morgan fingerprint density at radius 1 is 1.38 bits per heavy atom. The quantitative estimate of drug-likeness (QED) is 0.777. The number of nitrogens with one attached hydrogen (secondary N) is 2. The fourth-order valence-corrected chi connectivity index (χ4v) is 3.13. The van der Waals surface area contributed by atoms with Gasteiger partial charge in [0, 0.05) is 19.3 Å². The van der Waals surface area contributed by atoms with Crippen LogP contribution < -0.4 is 15.4 Å². The monoisotopic (exact) mass is 378 g/mol. The number of hydrogen-bond donors (Lipinski definition) is 2. The van der Waals surface area contributed by atoms with E-state index in [0.29, 0.717) is 24.9 Å².